The summed E-state index contributed by atoms with van der Waals surface area (Å²) >= 11 is 0. The number of nitrogens with zero attached hydrogens (tertiary/aromatic N) is 1. The van der Waals surface area contributed by atoms with Crippen molar-refractivity contribution in [3.05, 3.63) is 11.6 Å². The second kappa shape index (κ2) is 9.17. The fraction of sp³-hybridized carbons (Fsp3) is 0.500. The molecule has 82 valence electrons. The van der Waals surface area contributed by atoms with Gasteiger partial charge >= 0.3 is 0 Å². The Balaban J connectivity index is 4.47. The topological polar surface area (TPSA) is 38.7 Å². The van der Waals surface area contributed by atoms with Crippen molar-refractivity contribution in [3.63, 3.8) is 0 Å². The Hall–Kier alpha value is -1.40. The summed E-state index contributed by atoms with van der Waals surface area (Å²) in [5, 5.41) is 0. The van der Waals surface area contributed by atoms with E-state index >= 15 is 0 Å². The standard InChI is InChI=1S/C12H17NO2/c1-4-5-6-12(10-15-3)9-11(2)13-7-8-14/h8-9H,6-7,10H2,1-3H3/b12-9+,13-11-. The van der Waals surface area contributed by atoms with Crippen LogP contribution in [0.2, 0.25) is 0 Å². The minimum Gasteiger partial charge on any atom is -0.380 e. The third kappa shape index (κ3) is 7.65. The summed E-state index contributed by atoms with van der Waals surface area (Å²) in [7, 11) is 1.64. The third-order valence-corrected chi connectivity index (χ3v) is 1.65. The van der Waals surface area contributed by atoms with Crippen LogP contribution < -0.4 is 0 Å². The summed E-state index contributed by atoms with van der Waals surface area (Å²) in [5.41, 5.74) is 1.89. The molecule has 0 spiro atoms. The van der Waals surface area contributed by atoms with Crippen molar-refractivity contribution in [1.82, 2.24) is 0 Å². The molecule has 0 aromatic heterocycles. The molecule has 0 aliphatic heterocycles. The zero-order chi connectivity index (χ0) is 11.5. The van der Waals surface area contributed by atoms with Crippen LogP contribution in [0.4, 0.5) is 0 Å². The van der Waals surface area contributed by atoms with E-state index in [0.29, 0.717) is 13.0 Å². The van der Waals surface area contributed by atoms with Gasteiger partial charge in [0, 0.05) is 19.2 Å². The van der Waals surface area contributed by atoms with Gasteiger partial charge in [-0.05, 0) is 25.5 Å². The molecule has 0 radical (unpaired) electrons. The molecule has 0 aliphatic rings. The maximum absolute atomic E-state index is 10.1. The monoisotopic (exact) mass is 207 g/mol. The molecule has 0 amide bonds. The number of ether oxygens (including phenoxy) is 1. The summed E-state index contributed by atoms with van der Waals surface area (Å²) in [6, 6.07) is 0. The number of aldehydes is 1. The van der Waals surface area contributed by atoms with Crippen molar-refractivity contribution in [2.75, 3.05) is 20.3 Å². The largest absolute Gasteiger partial charge is 0.380 e. The smallest absolute Gasteiger partial charge is 0.141 e. The van der Waals surface area contributed by atoms with Crippen LogP contribution in [-0.4, -0.2) is 32.3 Å². The molecule has 0 rings (SSSR count). The highest BCUT2D eigenvalue weighted by Crippen LogP contribution is 2.01. The first kappa shape index (κ1) is 13.6. The van der Waals surface area contributed by atoms with Crippen LogP contribution in [0.25, 0.3) is 0 Å². The van der Waals surface area contributed by atoms with Gasteiger partial charge in [-0.3, -0.25) is 4.99 Å². The van der Waals surface area contributed by atoms with Crippen LogP contribution >= 0.6 is 0 Å². The fourth-order valence-electron chi connectivity index (χ4n) is 1.05. The molecular formula is C12H17NO2. The van der Waals surface area contributed by atoms with Gasteiger partial charge in [0.15, 0.2) is 0 Å². The lowest BCUT2D eigenvalue weighted by Crippen LogP contribution is -1.98. The summed E-state index contributed by atoms with van der Waals surface area (Å²) in [5.74, 6) is 5.80. The number of methoxy groups -OCH3 is 1. The first-order valence-corrected chi connectivity index (χ1v) is 4.77. The number of aliphatic imine (C=N–C) groups is 1. The molecule has 0 N–H and O–H groups in total. The van der Waals surface area contributed by atoms with Gasteiger partial charge < -0.3 is 9.53 Å². The van der Waals surface area contributed by atoms with Crippen molar-refractivity contribution in [2.45, 2.75) is 20.3 Å². The normalized spacial score (nSPS) is 11.9. The van der Waals surface area contributed by atoms with E-state index in [2.05, 4.69) is 16.8 Å². The lowest BCUT2D eigenvalue weighted by Gasteiger charge is -2.01. The second-order valence-corrected chi connectivity index (χ2v) is 2.99. The van der Waals surface area contributed by atoms with E-state index in [1.54, 1.807) is 14.0 Å². The quantitative estimate of drug-likeness (QED) is 0.377. The number of hydrogen-bond donors (Lipinski definition) is 0. The molecule has 0 aromatic rings. The summed E-state index contributed by atoms with van der Waals surface area (Å²) in [6.45, 7) is 4.42. The Labute approximate surface area is 91.2 Å². The average Bonchev–Trinajstić information content (AvgIpc) is 2.23. The summed E-state index contributed by atoms with van der Waals surface area (Å²) in [6.07, 6.45) is 3.37. The van der Waals surface area contributed by atoms with E-state index in [1.807, 2.05) is 13.0 Å². The Morgan fingerprint density at radius 1 is 1.53 bits per heavy atom. The molecule has 0 fully saturated rings. The zero-order valence-corrected chi connectivity index (χ0v) is 9.54. The van der Waals surface area contributed by atoms with E-state index in [-0.39, 0.29) is 6.54 Å². The summed E-state index contributed by atoms with van der Waals surface area (Å²) < 4.78 is 5.05. The second-order valence-electron chi connectivity index (χ2n) is 2.99. The van der Waals surface area contributed by atoms with Crippen molar-refractivity contribution in [2.24, 2.45) is 4.99 Å². The third-order valence-electron chi connectivity index (χ3n) is 1.65. The summed E-state index contributed by atoms with van der Waals surface area (Å²) in [4.78, 5) is 14.2. The minimum absolute atomic E-state index is 0.210. The number of allylic oxidation sites excluding steroid dienone is 1. The number of hydrogen-bond acceptors (Lipinski definition) is 3. The van der Waals surface area contributed by atoms with E-state index in [0.717, 1.165) is 17.6 Å². The maximum Gasteiger partial charge on any atom is 0.141 e. The van der Waals surface area contributed by atoms with E-state index < -0.39 is 0 Å². The predicted octanol–water partition coefficient (Wildman–Crippen LogP) is 1.63. The van der Waals surface area contributed by atoms with Gasteiger partial charge in [0.2, 0.25) is 0 Å². The molecule has 0 heterocycles. The van der Waals surface area contributed by atoms with Gasteiger partial charge in [0.1, 0.15) is 6.29 Å². The van der Waals surface area contributed by atoms with Gasteiger partial charge in [0.25, 0.3) is 0 Å². The fourth-order valence-corrected chi connectivity index (χ4v) is 1.05. The Bertz CT molecular complexity index is 305. The highest BCUT2D eigenvalue weighted by molar-refractivity contribution is 5.94. The van der Waals surface area contributed by atoms with E-state index in [1.165, 1.54) is 0 Å². The highest BCUT2D eigenvalue weighted by Gasteiger charge is 1.95. The van der Waals surface area contributed by atoms with Gasteiger partial charge in [-0.2, -0.15) is 0 Å². The Kier molecular flexibility index (Phi) is 8.31. The Morgan fingerprint density at radius 2 is 2.27 bits per heavy atom. The molecule has 0 unspecified atom stereocenters. The van der Waals surface area contributed by atoms with Crippen molar-refractivity contribution >= 4 is 12.0 Å². The van der Waals surface area contributed by atoms with Crippen LogP contribution in [-0.2, 0) is 9.53 Å². The highest BCUT2D eigenvalue weighted by atomic mass is 16.5. The van der Waals surface area contributed by atoms with Crippen LogP contribution in [0.15, 0.2) is 16.6 Å². The van der Waals surface area contributed by atoms with E-state index in [4.69, 9.17) is 4.74 Å². The first-order chi connectivity index (χ1) is 7.24. The van der Waals surface area contributed by atoms with Crippen LogP contribution in [0.5, 0.6) is 0 Å². The van der Waals surface area contributed by atoms with Gasteiger partial charge in [-0.25, -0.2) is 0 Å². The molecule has 0 aromatic carbocycles. The molecule has 15 heavy (non-hydrogen) atoms. The Morgan fingerprint density at radius 3 is 2.80 bits per heavy atom. The van der Waals surface area contributed by atoms with Crippen LogP contribution in [0, 0.1) is 11.8 Å². The van der Waals surface area contributed by atoms with Gasteiger partial charge in [-0.15, -0.1) is 5.92 Å². The number of carbonyl (C=O) groups excluding carboxylic acids is 1. The molecule has 0 saturated carbocycles. The van der Waals surface area contributed by atoms with Gasteiger partial charge in [-0.1, -0.05) is 5.92 Å². The number of rotatable bonds is 6. The minimum atomic E-state index is 0.210. The molecule has 0 atom stereocenters. The van der Waals surface area contributed by atoms with E-state index in [9.17, 15) is 4.79 Å². The molecular weight excluding hydrogens is 190 g/mol. The molecule has 0 bridgehead atoms. The van der Waals surface area contributed by atoms with Crippen LogP contribution in [0.3, 0.4) is 0 Å². The zero-order valence-electron chi connectivity index (χ0n) is 9.54. The van der Waals surface area contributed by atoms with Gasteiger partial charge in [0.05, 0.1) is 13.2 Å². The molecule has 0 saturated heterocycles. The lowest BCUT2D eigenvalue weighted by molar-refractivity contribution is -0.106. The molecule has 3 heteroatoms. The molecule has 0 aliphatic carbocycles. The van der Waals surface area contributed by atoms with Crippen molar-refractivity contribution < 1.29 is 9.53 Å². The predicted molar refractivity (Wildman–Crippen MR) is 62.1 cm³/mol. The SMILES string of the molecule is CC#CC/C(=C\C(C)=N/CC=O)COC. The van der Waals surface area contributed by atoms with Crippen molar-refractivity contribution in [3.8, 4) is 11.8 Å². The molecule has 3 nitrogen and oxygen atoms in total. The van der Waals surface area contributed by atoms with Crippen LogP contribution in [0.1, 0.15) is 20.3 Å². The number of carbonyl (C=O) groups is 1. The first-order valence-electron chi connectivity index (χ1n) is 4.77. The van der Waals surface area contributed by atoms with Crippen molar-refractivity contribution in [1.29, 1.82) is 0 Å². The average molecular weight is 207 g/mol. The lowest BCUT2D eigenvalue weighted by atomic mass is 10.1. The maximum atomic E-state index is 10.1.